The lowest BCUT2D eigenvalue weighted by Gasteiger charge is -2.36. The lowest BCUT2D eigenvalue weighted by molar-refractivity contribution is -0.153. The second-order valence-corrected chi connectivity index (χ2v) is 8.48. The van der Waals surface area contributed by atoms with Gasteiger partial charge in [0.1, 0.15) is 0 Å². The number of carbonyl (C=O) groups is 2. The van der Waals surface area contributed by atoms with Crippen molar-refractivity contribution in [2.45, 2.75) is 118 Å². The summed E-state index contributed by atoms with van der Waals surface area (Å²) >= 11 is 0. The molecule has 0 amide bonds. The first-order valence-corrected chi connectivity index (χ1v) is 11.8. The van der Waals surface area contributed by atoms with Gasteiger partial charge < -0.3 is 10.2 Å². The van der Waals surface area contributed by atoms with Gasteiger partial charge >= 0.3 is 11.9 Å². The SMILES string of the molecule is C=CC.CCCCC(CC)CC(CCCC(=O)O)(CC(CC)CCCC)C(=O)O. The Labute approximate surface area is 180 Å². The first-order chi connectivity index (χ1) is 13.8. The van der Waals surface area contributed by atoms with Crippen molar-refractivity contribution in [1.82, 2.24) is 0 Å². The molecule has 0 aromatic carbocycles. The van der Waals surface area contributed by atoms with Crippen LogP contribution in [0.5, 0.6) is 0 Å². The summed E-state index contributed by atoms with van der Waals surface area (Å²) in [5.74, 6) is -0.716. The maximum absolute atomic E-state index is 12.4. The van der Waals surface area contributed by atoms with E-state index < -0.39 is 17.4 Å². The highest BCUT2D eigenvalue weighted by atomic mass is 16.4. The highest BCUT2D eigenvalue weighted by molar-refractivity contribution is 5.75. The Morgan fingerprint density at radius 1 is 0.897 bits per heavy atom. The van der Waals surface area contributed by atoms with Crippen LogP contribution in [0.2, 0.25) is 0 Å². The monoisotopic (exact) mass is 412 g/mol. The molecule has 2 N–H and O–H groups in total. The minimum Gasteiger partial charge on any atom is -0.481 e. The zero-order valence-corrected chi connectivity index (χ0v) is 19.8. The van der Waals surface area contributed by atoms with Crippen LogP contribution in [0.1, 0.15) is 118 Å². The predicted molar refractivity (Wildman–Crippen MR) is 123 cm³/mol. The standard InChI is InChI=1S/C22H42O4.C3H6/c1-5-9-12-18(7-3)16-22(21(25)26,15-11-14-20(23)24)17-19(8-4)13-10-6-2;1-3-2/h18-19H,5-17H2,1-4H3,(H,23,24)(H,25,26);3H,1H2,2H3. The molecule has 0 fully saturated rings. The van der Waals surface area contributed by atoms with E-state index in [1.54, 1.807) is 6.08 Å². The third kappa shape index (κ3) is 14.3. The summed E-state index contributed by atoms with van der Waals surface area (Å²) < 4.78 is 0. The Morgan fingerprint density at radius 3 is 1.59 bits per heavy atom. The third-order valence-corrected chi connectivity index (χ3v) is 5.95. The molecular formula is C25H48O4. The Balaban J connectivity index is 0. The first-order valence-electron chi connectivity index (χ1n) is 11.8. The molecule has 0 aliphatic heterocycles. The van der Waals surface area contributed by atoms with Crippen LogP contribution in [0.4, 0.5) is 0 Å². The molecule has 4 nitrogen and oxygen atoms in total. The Hall–Kier alpha value is -1.32. The highest BCUT2D eigenvalue weighted by Crippen LogP contribution is 2.42. The minimum absolute atomic E-state index is 0.0620. The lowest BCUT2D eigenvalue weighted by atomic mass is 9.68. The fourth-order valence-corrected chi connectivity index (χ4v) is 4.14. The summed E-state index contributed by atoms with van der Waals surface area (Å²) in [4.78, 5) is 23.3. The second-order valence-electron chi connectivity index (χ2n) is 8.48. The second kappa shape index (κ2) is 18.7. The molecule has 0 saturated carbocycles. The van der Waals surface area contributed by atoms with Crippen molar-refractivity contribution in [2.75, 3.05) is 0 Å². The van der Waals surface area contributed by atoms with Gasteiger partial charge in [-0.05, 0) is 44.4 Å². The van der Waals surface area contributed by atoms with E-state index in [0.29, 0.717) is 37.5 Å². The molecule has 0 aliphatic rings. The van der Waals surface area contributed by atoms with Crippen LogP contribution in [-0.4, -0.2) is 22.2 Å². The quantitative estimate of drug-likeness (QED) is 0.240. The molecule has 2 atom stereocenters. The number of carboxylic acids is 2. The van der Waals surface area contributed by atoms with Crippen LogP contribution in [-0.2, 0) is 9.59 Å². The van der Waals surface area contributed by atoms with Crippen molar-refractivity contribution in [3.05, 3.63) is 12.7 Å². The van der Waals surface area contributed by atoms with Crippen molar-refractivity contribution in [1.29, 1.82) is 0 Å². The average molecular weight is 413 g/mol. The van der Waals surface area contributed by atoms with Crippen LogP contribution < -0.4 is 0 Å². The molecule has 0 spiro atoms. The maximum Gasteiger partial charge on any atom is 0.309 e. The van der Waals surface area contributed by atoms with Crippen LogP contribution in [0.25, 0.3) is 0 Å². The van der Waals surface area contributed by atoms with Gasteiger partial charge in [-0.1, -0.05) is 85.1 Å². The van der Waals surface area contributed by atoms with Gasteiger partial charge in [0, 0.05) is 6.42 Å². The van der Waals surface area contributed by atoms with Crippen molar-refractivity contribution in [3.8, 4) is 0 Å². The number of allylic oxidation sites excluding steroid dienone is 1. The fraction of sp³-hybridized carbons (Fsp3) is 0.840. The smallest absolute Gasteiger partial charge is 0.309 e. The fourth-order valence-electron chi connectivity index (χ4n) is 4.14. The Kier molecular flexibility index (Phi) is 19.3. The normalized spacial score (nSPS) is 14.8. The van der Waals surface area contributed by atoms with E-state index in [1.807, 2.05) is 6.92 Å². The first kappa shape index (κ1) is 29.9. The molecule has 0 aromatic heterocycles. The van der Waals surface area contributed by atoms with Gasteiger partial charge in [0.25, 0.3) is 0 Å². The van der Waals surface area contributed by atoms with Crippen molar-refractivity contribution in [2.24, 2.45) is 17.3 Å². The Morgan fingerprint density at radius 2 is 1.31 bits per heavy atom. The zero-order valence-electron chi connectivity index (χ0n) is 19.8. The molecule has 0 heterocycles. The number of rotatable bonds is 17. The molecular weight excluding hydrogens is 364 g/mol. The van der Waals surface area contributed by atoms with Crippen LogP contribution in [0.3, 0.4) is 0 Å². The van der Waals surface area contributed by atoms with Gasteiger partial charge in [0.05, 0.1) is 5.41 Å². The summed E-state index contributed by atoms with van der Waals surface area (Å²) in [6.45, 7) is 13.9. The number of hydrogen-bond donors (Lipinski definition) is 2. The topological polar surface area (TPSA) is 74.6 Å². The molecule has 0 aromatic rings. The summed E-state index contributed by atoms with van der Waals surface area (Å²) in [6.07, 6.45) is 12.8. The van der Waals surface area contributed by atoms with E-state index in [0.717, 1.165) is 51.4 Å². The zero-order chi connectivity index (χ0) is 22.7. The van der Waals surface area contributed by atoms with Gasteiger partial charge in [0.15, 0.2) is 0 Å². The highest BCUT2D eigenvalue weighted by Gasteiger charge is 2.41. The molecule has 4 heteroatoms. The molecule has 0 bridgehead atoms. The van der Waals surface area contributed by atoms with Gasteiger partial charge in [0.2, 0.25) is 0 Å². The van der Waals surface area contributed by atoms with E-state index in [-0.39, 0.29) is 6.42 Å². The minimum atomic E-state index is -0.833. The maximum atomic E-state index is 12.4. The van der Waals surface area contributed by atoms with Crippen LogP contribution in [0.15, 0.2) is 12.7 Å². The predicted octanol–water partition coefficient (Wildman–Crippen LogP) is 7.72. The van der Waals surface area contributed by atoms with Crippen LogP contribution in [0, 0.1) is 17.3 Å². The molecule has 0 rings (SSSR count). The molecule has 0 aliphatic carbocycles. The van der Waals surface area contributed by atoms with Gasteiger partial charge in [-0.2, -0.15) is 0 Å². The van der Waals surface area contributed by atoms with Gasteiger partial charge in [-0.3, -0.25) is 9.59 Å². The summed E-state index contributed by atoms with van der Waals surface area (Å²) in [6, 6.07) is 0. The summed E-state index contributed by atoms with van der Waals surface area (Å²) in [7, 11) is 0. The van der Waals surface area contributed by atoms with Crippen molar-refractivity contribution in [3.63, 3.8) is 0 Å². The average Bonchev–Trinajstić information content (AvgIpc) is 2.68. The van der Waals surface area contributed by atoms with E-state index >= 15 is 0 Å². The molecule has 2 unspecified atom stereocenters. The van der Waals surface area contributed by atoms with Crippen molar-refractivity contribution < 1.29 is 19.8 Å². The van der Waals surface area contributed by atoms with Gasteiger partial charge in [-0.15, -0.1) is 6.58 Å². The van der Waals surface area contributed by atoms with Crippen LogP contribution >= 0.6 is 0 Å². The van der Waals surface area contributed by atoms with Crippen molar-refractivity contribution >= 4 is 11.9 Å². The molecule has 0 saturated heterocycles. The largest absolute Gasteiger partial charge is 0.481 e. The van der Waals surface area contributed by atoms with Gasteiger partial charge in [-0.25, -0.2) is 0 Å². The molecule has 172 valence electrons. The summed E-state index contributed by atoms with van der Waals surface area (Å²) in [5.41, 5.74) is -0.766. The number of aliphatic carboxylic acids is 2. The third-order valence-electron chi connectivity index (χ3n) is 5.95. The van der Waals surface area contributed by atoms with E-state index in [1.165, 1.54) is 0 Å². The number of unbranched alkanes of at least 4 members (excludes halogenated alkanes) is 2. The molecule has 29 heavy (non-hydrogen) atoms. The van der Waals surface area contributed by atoms with E-state index in [2.05, 4.69) is 34.3 Å². The van der Waals surface area contributed by atoms with E-state index in [9.17, 15) is 14.7 Å². The number of carboxylic acid groups (broad SMARTS) is 2. The lowest BCUT2D eigenvalue weighted by Crippen LogP contribution is -2.36. The number of hydrogen-bond acceptors (Lipinski definition) is 2. The molecule has 0 radical (unpaired) electrons. The Bertz CT molecular complexity index is 413. The summed E-state index contributed by atoms with van der Waals surface area (Å²) in [5, 5.41) is 19.2. The van der Waals surface area contributed by atoms with E-state index in [4.69, 9.17) is 5.11 Å².